The second kappa shape index (κ2) is 12.4. The molecule has 0 aromatic rings. The van der Waals surface area contributed by atoms with Crippen LogP contribution in [-0.4, -0.2) is 98.9 Å². The molecule has 1 heterocycles. The van der Waals surface area contributed by atoms with Crippen molar-refractivity contribution < 1.29 is 9.59 Å². The molecule has 8 nitrogen and oxygen atoms in total. The fourth-order valence-electron chi connectivity index (χ4n) is 3.07. The molecule has 2 rings (SSSR count). The quantitative estimate of drug-likeness (QED) is 0.300. The van der Waals surface area contributed by atoms with E-state index in [-0.39, 0.29) is 36.4 Å². The Balaban J connectivity index is 0.00000364. The number of guanidine groups is 1. The minimum atomic E-state index is -0.0190. The molecule has 0 bridgehead atoms. The first-order chi connectivity index (χ1) is 12.5. The molecule has 0 unspecified atom stereocenters. The first-order valence-electron chi connectivity index (χ1n) is 9.74. The molecule has 1 aliphatic carbocycles. The largest absolute Gasteiger partial charge is 0.357 e. The molecule has 2 amide bonds. The number of amides is 2. The number of likely N-dealkylation sites (N-methyl/N-ethyl adjacent to an activating group) is 1. The highest BCUT2D eigenvalue weighted by atomic mass is 127. The molecule has 1 aliphatic heterocycles. The van der Waals surface area contributed by atoms with Crippen LogP contribution in [0.4, 0.5) is 0 Å². The van der Waals surface area contributed by atoms with Gasteiger partial charge in [0.15, 0.2) is 5.96 Å². The molecule has 0 aromatic carbocycles. The van der Waals surface area contributed by atoms with E-state index in [1.54, 1.807) is 14.1 Å². The molecule has 156 valence electrons. The monoisotopic (exact) mass is 494 g/mol. The van der Waals surface area contributed by atoms with Gasteiger partial charge >= 0.3 is 0 Å². The number of nitrogens with zero attached hydrogens (tertiary/aromatic N) is 4. The standard InChI is InChI=1S/C18H34N6O2.HI/c1-4-19-18(21-14-16(25)22(2)3)20-8-9-23-10-12-24(13-11-23)17(26)15-6-5-7-15;/h15H,4-14H2,1-3H3,(H2,19,20,21);1H. The normalized spacial score (nSPS) is 18.3. The number of hydrogen-bond donors (Lipinski definition) is 2. The molecule has 9 heteroatoms. The van der Waals surface area contributed by atoms with Crippen LogP contribution in [0.2, 0.25) is 0 Å². The lowest BCUT2D eigenvalue weighted by atomic mass is 9.84. The van der Waals surface area contributed by atoms with Gasteiger partial charge in [-0.2, -0.15) is 0 Å². The lowest BCUT2D eigenvalue weighted by Gasteiger charge is -2.38. The van der Waals surface area contributed by atoms with Crippen LogP contribution >= 0.6 is 24.0 Å². The van der Waals surface area contributed by atoms with Crippen molar-refractivity contribution in [2.24, 2.45) is 10.9 Å². The Hall–Kier alpha value is -1.10. The summed E-state index contributed by atoms with van der Waals surface area (Å²) in [6, 6.07) is 0. The molecule has 1 saturated carbocycles. The molecule has 0 aromatic heterocycles. The van der Waals surface area contributed by atoms with Crippen molar-refractivity contribution in [1.29, 1.82) is 0 Å². The summed E-state index contributed by atoms with van der Waals surface area (Å²) in [5.41, 5.74) is 0. The van der Waals surface area contributed by atoms with Gasteiger partial charge in [0.05, 0.1) is 0 Å². The van der Waals surface area contributed by atoms with Crippen LogP contribution in [0.15, 0.2) is 4.99 Å². The minimum absolute atomic E-state index is 0. The number of carbonyl (C=O) groups excluding carboxylic acids is 2. The third kappa shape index (κ3) is 7.81. The lowest BCUT2D eigenvalue weighted by Crippen LogP contribution is -2.52. The van der Waals surface area contributed by atoms with E-state index in [0.717, 1.165) is 58.7 Å². The summed E-state index contributed by atoms with van der Waals surface area (Å²) in [7, 11) is 3.46. The molecule has 1 saturated heterocycles. The smallest absolute Gasteiger partial charge is 0.243 e. The Kier molecular flexibility index (Phi) is 11.0. The first-order valence-corrected chi connectivity index (χ1v) is 9.74. The number of carbonyl (C=O) groups is 2. The fourth-order valence-corrected chi connectivity index (χ4v) is 3.07. The molecular weight excluding hydrogens is 459 g/mol. The Bertz CT molecular complexity index is 502. The summed E-state index contributed by atoms with van der Waals surface area (Å²) in [5.74, 6) is 1.31. The summed E-state index contributed by atoms with van der Waals surface area (Å²) < 4.78 is 0. The summed E-state index contributed by atoms with van der Waals surface area (Å²) >= 11 is 0. The van der Waals surface area contributed by atoms with Crippen molar-refractivity contribution in [1.82, 2.24) is 25.3 Å². The Morgan fingerprint density at radius 3 is 2.30 bits per heavy atom. The summed E-state index contributed by atoms with van der Waals surface area (Å²) in [4.78, 5) is 34.2. The van der Waals surface area contributed by atoms with Crippen LogP contribution < -0.4 is 10.6 Å². The van der Waals surface area contributed by atoms with Crippen LogP contribution in [-0.2, 0) is 9.59 Å². The van der Waals surface area contributed by atoms with Crippen molar-refractivity contribution >= 4 is 41.8 Å². The molecule has 2 fully saturated rings. The van der Waals surface area contributed by atoms with Crippen LogP contribution in [0.3, 0.4) is 0 Å². The van der Waals surface area contributed by atoms with E-state index in [9.17, 15) is 9.59 Å². The zero-order valence-electron chi connectivity index (χ0n) is 16.9. The van der Waals surface area contributed by atoms with Gasteiger partial charge in [0.1, 0.15) is 6.54 Å². The zero-order valence-corrected chi connectivity index (χ0v) is 19.2. The second-order valence-corrected chi connectivity index (χ2v) is 7.20. The fraction of sp³-hybridized carbons (Fsp3) is 0.833. The number of nitrogens with one attached hydrogen (secondary N) is 2. The van der Waals surface area contributed by atoms with E-state index >= 15 is 0 Å². The third-order valence-electron chi connectivity index (χ3n) is 5.07. The highest BCUT2D eigenvalue weighted by Crippen LogP contribution is 2.28. The van der Waals surface area contributed by atoms with Gasteiger partial charge in [-0.15, -0.1) is 24.0 Å². The Labute approximate surface area is 180 Å². The van der Waals surface area contributed by atoms with Gasteiger partial charge in [-0.3, -0.25) is 14.5 Å². The number of hydrogen-bond acceptors (Lipinski definition) is 4. The van der Waals surface area contributed by atoms with E-state index in [4.69, 9.17) is 0 Å². The third-order valence-corrected chi connectivity index (χ3v) is 5.07. The molecule has 2 aliphatic rings. The second-order valence-electron chi connectivity index (χ2n) is 7.20. The van der Waals surface area contributed by atoms with E-state index in [2.05, 4.69) is 20.5 Å². The van der Waals surface area contributed by atoms with Gasteiger partial charge in [0.2, 0.25) is 11.8 Å². The molecule has 2 N–H and O–H groups in total. The molecule has 0 spiro atoms. The van der Waals surface area contributed by atoms with Gasteiger partial charge < -0.3 is 20.4 Å². The Morgan fingerprint density at radius 1 is 1.11 bits per heavy atom. The highest BCUT2D eigenvalue weighted by Gasteiger charge is 2.30. The maximum atomic E-state index is 12.3. The molecule has 27 heavy (non-hydrogen) atoms. The maximum absolute atomic E-state index is 12.3. The van der Waals surface area contributed by atoms with Crippen LogP contribution in [0.1, 0.15) is 26.2 Å². The number of piperazine rings is 1. The van der Waals surface area contributed by atoms with Crippen molar-refractivity contribution in [2.75, 3.05) is 66.5 Å². The predicted octanol–water partition coefficient (Wildman–Crippen LogP) is 0.192. The topological polar surface area (TPSA) is 80.3 Å². The van der Waals surface area contributed by atoms with Crippen LogP contribution in [0.25, 0.3) is 0 Å². The lowest BCUT2D eigenvalue weighted by molar-refractivity contribution is -0.139. The Morgan fingerprint density at radius 2 is 1.78 bits per heavy atom. The van der Waals surface area contributed by atoms with Crippen molar-refractivity contribution in [3.8, 4) is 0 Å². The van der Waals surface area contributed by atoms with Crippen molar-refractivity contribution in [2.45, 2.75) is 26.2 Å². The summed E-state index contributed by atoms with van der Waals surface area (Å²) in [6.07, 6.45) is 3.36. The average molecular weight is 494 g/mol. The van der Waals surface area contributed by atoms with Gasteiger partial charge in [-0.1, -0.05) is 6.42 Å². The van der Waals surface area contributed by atoms with E-state index in [0.29, 0.717) is 17.8 Å². The molecular formula is C18H35IN6O2. The molecule has 0 radical (unpaired) electrons. The SMILES string of the molecule is CCNC(=NCC(=O)N(C)C)NCCN1CCN(C(=O)C2CCC2)CC1.I. The van der Waals surface area contributed by atoms with Gasteiger partial charge in [-0.05, 0) is 19.8 Å². The average Bonchev–Trinajstić information content (AvgIpc) is 2.58. The van der Waals surface area contributed by atoms with Gasteiger partial charge in [0.25, 0.3) is 0 Å². The summed E-state index contributed by atoms with van der Waals surface area (Å²) in [5, 5.41) is 6.44. The van der Waals surface area contributed by atoms with Crippen molar-refractivity contribution in [3.05, 3.63) is 0 Å². The van der Waals surface area contributed by atoms with Gasteiger partial charge in [0, 0.05) is 65.8 Å². The number of halogens is 1. The molecule has 0 atom stereocenters. The van der Waals surface area contributed by atoms with Crippen LogP contribution in [0.5, 0.6) is 0 Å². The first kappa shape index (κ1) is 23.9. The van der Waals surface area contributed by atoms with Crippen molar-refractivity contribution in [3.63, 3.8) is 0 Å². The zero-order chi connectivity index (χ0) is 18.9. The van der Waals surface area contributed by atoms with E-state index < -0.39 is 0 Å². The minimum Gasteiger partial charge on any atom is -0.357 e. The van der Waals surface area contributed by atoms with Gasteiger partial charge in [-0.25, -0.2) is 4.99 Å². The number of aliphatic imine (C=N–C) groups is 1. The maximum Gasteiger partial charge on any atom is 0.243 e. The van der Waals surface area contributed by atoms with E-state index in [1.807, 2.05) is 11.8 Å². The summed E-state index contributed by atoms with van der Waals surface area (Å²) in [6.45, 7) is 8.08. The predicted molar refractivity (Wildman–Crippen MR) is 118 cm³/mol. The number of rotatable bonds is 7. The highest BCUT2D eigenvalue weighted by molar-refractivity contribution is 14.0. The van der Waals surface area contributed by atoms with E-state index in [1.165, 1.54) is 11.3 Å². The van der Waals surface area contributed by atoms with Crippen LogP contribution in [0, 0.1) is 5.92 Å².